The average molecular weight is 136 g/mol. The number of nitrogens with zero attached hydrogens (tertiary/aromatic N) is 1. The van der Waals surface area contributed by atoms with Crippen LogP contribution in [0.2, 0.25) is 0 Å². The number of hydrogen-bond acceptors (Lipinski definition) is 3. The van der Waals surface area contributed by atoms with E-state index < -0.39 is 10.0 Å². The van der Waals surface area contributed by atoms with E-state index in [-0.39, 0.29) is 0 Å². The van der Waals surface area contributed by atoms with Crippen molar-refractivity contribution < 1.29 is 8.42 Å². The lowest BCUT2D eigenvalue weighted by Crippen LogP contribution is -2.19. The van der Waals surface area contributed by atoms with Gasteiger partial charge in [-0.05, 0) is 0 Å². The summed E-state index contributed by atoms with van der Waals surface area (Å²) in [5.74, 6) is 0. The van der Waals surface area contributed by atoms with E-state index in [1.54, 1.807) is 0 Å². The van der Waals surface area contributed by atoms with Gasteiger partial charge in [0.25, 0.3) is 0 Å². The van der Waals surface area contributed by atoms with E-state index in [4.69, 9.17) is 0 Å². The lowest BCUT2D eigenvalue weighted by atomic mass is 11.3. The maximum Gasteiger partial charge on any atom is 0.230 e. The Kier molecular flexibility index (Phi) is 2.47. The molecule has 0 heterocycles. The molecular formula is C3H8N2O2S. The van der Waals surface area contributed by atoms with Crippen molar-refractivity contribution >= 4 is 16.4 Å². The van der Waals surface area contributed by atoms with Crippen molar-refractivity contribution in [3.05, 3.63) is 0 Å². The summed E-state index contributed by atoms with van der Waals surface area (Å²) in [5.41, 5.74) is 0. The van der Waals surface area contributed by atoms with Crippen molar-refractivity contribution in [2.24, 2.45) is 4.99 Å². The third kappa shape index (κ3) is 5.42. The highest BCUT2D eigenvalue weighted by atomic mass is 32.2. The molecule has 5 heteroatoms. The van der Waals surface area contributed by atoms with Gasteiger partial charge in [0.1, 0.15) is 0 Å². The Balaban J connectivity index is 3.76. The molecule has 0 radical (unpaired) electrons. The minimum Gasteiger partial charge on any atom is -0.278 e. The van der Waals surface area contributed by atoms with Gasteiger partial charge in [-0.15, -0.1) is 0 Å². The Morgan fingerprint density at radius 1 is 1.62 bits per heavy atom. The van der Waals surface area contributed by atoms with E-state index in [1.807, 2.05) is 0 Å². The van der Waals surface area contributed by atoms with Gasteiger partial charge in [-0.3, -0.25) is 9.71 Å². The first kappa shape index (κ1) is 7.42. The zero-order valence-electron chi connectivity index (χ0n) is 4.75. The summed E-state index contributed by atoms with van der Waals surface area (Å²) in [6.45, 7) is 0. The Labute approximate surface area is 48.7 Å². The SMILES string of the molecule is CN=CNS(C)(=O)=O. The van der Waals surface area contributed by atoms with Gasteiger partial charge in [0.05, 0.1) is 12.6 Å². The lowest BCUT2D eigenvalue weighted by Gasteiger charge is -1.90. The second-order valence-electron chi connectivity index (χ2n) is 1.28. The van der Waals surface area contributed by atoms with Crippen molar-refractivity contribution in [1.82, 2.24) is 4.72 Å². The molecule has 0 spiro atoms. The van der Waals surface area contributed by atoms with Crippen molar-refractivity contribution in [3.63, 3.8) is 0 Å². The van der Waals surface area contributed by atoms with Crippen LogP contribution in [0.5, 0.6) is 0 Å². The van der Waals surface area contributed by atoms with Crippen LogP contribution in [0.25, 0.3) is 0 Å². The van der Waals surface area contributed by atoms with E-state index in [9.17, 15) is 8.42 Å². The summed E-state index contributed by atoms with van der Waals surface area (Å²) < 4.78 is 22.4. The van der Waals surface area contributed by atoms with Crippen LogP contribution in [0.3, 0.4) is 0 Å². The third-order valence-electron chi connectivity index (χ3n) is 0.396. The maximum absolute atomic E-state index is 10.2. The molecule has 0 atom stereocenters. The number of hydrogen-bond donors (Lipinski definition) is 1. The largest absolute Gasteiger partial charge is 0.278 e. The van der Waals surface area contributed by atoms with Crippen LogP contribution in [0, 0.1) is 0 Å². The third-order valence-corrected chi connectivity index (χ3v) is 0.929. The van der Waals surface area contributed by atoms with E-state index >= 15 is 0 Å². The first-order valence-electron chi connectivity index (χ1n) is 1.94. The van der Waals surface area contributed by atoms with Gasteiger partial charge in [0.15, 0.2) is 0 Å². The predicted octanol–water partition coefficient (Wildman–Crippen LogP) is -0.806. The highest BCUT2D eigenvalue weighted by Crippen LogP contribution is 1.65. The molecule has 8 heavy (non-hydrogen) atoms. The summed E-state index contributed by atoms with van der Waals surface area (Å²) in [7, 11) is -1.60. The number of sulfonamides is 1. The zero-order chi connectivity index (χ0) is 6.62. The summed E-state index contributed by atoms with van der Waals surface area (Å²) in [6.07, 6.45) is 2.18. The second kappa shape index (κ2) is 2.66. The summed E-state index contributed by atoms with van der Waals surface area (Å²) in [4.78, 5) is 3.41. The molecule has 0 aliphatic heterocycles. The van der Waals surface area contributed by atoms with Gasteiger partial charge in [-0.25, -0.2) is 8.42 Å². The molecular weight excluding hydrogens is 128 g/mol. The molecule has 0 rings (SSSR count). The van der Waals surface area contributed by atoms with Gasteiger partial charge < -0.3 is 0 Å². The van der Waals surface area contributed by atoms with Crippen LogP contribution in [0.4, 0.5) is 0 Å². The monoisotopic (exact) mass is 136 g/mol. The Bertz CT molecular complexity index is 170. The zero-order valence-corrected chi connectivity index (χ0v) is 5.57. The molecule has 0 bridgehead atoms. The molecule has 4 nitrogen and oxygen atoms in total. The van der Waals surface area contributed by atoms with Crippen molar-refractivity contribution in [3.8, 4) is 0 Å². The molecule has 0 saturated carbocycles. The van der Waals surface area contributed by atoms with Gasteiger partial charge in [-0.1, -0.05) is 0 Å². The minimum absolute atomic E-state index is 1.06. The first-order chi connectivity index (χ1) is 3.56. The Morgan fingerprint density at radius 2 is 2.12 bits per heavy atom. The smallest absolute Gasteiger partial charge is 0.230 e. The first-order valence-corrected chi connectivity index (χ1v) is 3.83. The quantitative estimate of drug-likeness (QED) is 0.399. The highest BCUT2D eigenvalue weighted by molar-refractivity contribution is 7.89. The topological polar surface area (TPSA) is 58.5 Å². The molecule has 0 aromatic heterocycles. The van der Waals surface area contributed by atoms with Crippen LogP contribution in [0.15, 0.2) is 4.99 Å². The highest BCUT2D eigenvalue weighted by Gasteiger charge is 1.91. The fraction of sp³-hybridized carbons (Fsp3) is 0.667. The predicted molar refractivity (Wildman–Crippen MR) is 32.4 cm³/mol. The molecule has 0 aromatic carbocycles. The molecule has 0 fully saturated rings. The minimum atomic E-state index is -3.09. The molecule has 0 aromatic rings. The van der Waals surface area contributed by atoms with Crippen LogP contribution < -0.4 is 4.72 Å². The van der Waals surface area contributed by atoms with Crippen LogP contribution in [-0.2, 0) is 10.0 Å². The van der Waals surface area contributed by atoms with Crippen LogP contribution in [0.1, 0.15) is 0 Å². The van der Waals surface area contributed by atoms with Crippen LogP contribution in [-0.4, -0.2) is 28.1 Å². The number of nitrogens with one attached hydrogen (secondary N) is 1. The van der Waals surface area contributed by atoms with Gasteiger partial charge in [0.2, 0.25) is 10.0 Å². The van der Waals surface area contributed by atoms with Crippen molar-refractivity contribution in [2.75, 3.05) is 13.3 Å². The van der Waals surface area contributed by atoms with E-state index in [2.05, 4.69) is 9.71 Å². The lowest BCUT2D eigenvalue weighted by molar-refractivity contribution is 0.599. The average Bonchev–Trinajstić information content (AvgIpc) is 1.59. The molecule has 0 aliphatic rings. The fourth-order valence-corrected chi connectivity index (χ4v) is 0.445. The molecule has 0 saturated heterocycles. The van der Waals surface area contributed by atoms with Crippen molar-refractivity contribution in [1.29, 1.82) is 0 Å². The molecule has 48 valence electrons. The van der Waals surface area contributed by atoms with E-state index in [1.165, 1.54) is 7.05 Å². The van der Waals surface area contributed by atoms with Crippen molar-refractivity contribution in [2.45, 2.75) is 0 Å². The normalized spacial score (nSPS) is 12.2. The Morgan fingerprint density at radius 3 is 2.25 bits per heavy atom. The number of aliphatic imine (C=N–C) groups is 1. The molecule has 1 N–H and O–H groups in total. The van der Waals surface area contributed by atoms with Gasteiger partial charge in [0, 0.05) is 7.05 Å². The van der Waals surface area contributed by atoms with Gasteiger partial charge >= 0.3 is 0 Å². The molecule has 0 amide bonds. The maximum atomic E-state index is 10.2. The Hall–Kier alpha value is -0.580. The fourth-order valence-electron chi connectivity index (χ4n) is 0.148. The second-order valence-corrected chi connectivity index (χ2v) is 3.06. The van der Waals surface area contributed by atoms with Crippen LogP contribution >= 0.6 is 0 Å². The molecule has 0 unspecified atom stereocenters. The standard InChI is InChI=1S/C3H8N2O2S/c1-4-3-5-8(2,6)7/h3H,1-2H3,(H,4,5). The summed E-state index contributed by atoms with van der Waals surface area (Å²) in [5, 5.41) is 0. The summed E-state index contributed by atoms with van der Waals surface area (Å²) in [6, 6.07) is 0. The molecule has 0 aliphatic carbocycles. The van der Waals surface area contributed by atoms with E-state index in [0.29, 0.717) is 0 Å². The van der Waals surface area contributed by atoms with E-state index in [0.717, 1.165) is 12.6 Å². The van der Waals surface area contributed by atoms with Gasteiger partial charge in [-0.2, -0.15) is 0 Å². The summed E-state index contributed by atoms with van der Waals surface area (Å²) >= 11 is 0. The number of rotatable bonds is 2.